The Morgan fingerprint density at radius 3 is 2.63 bits per heavy atom. The molecule has 4 rings (SSSR count). The first-order chi connectivity index (χ1) is 13.0. The summed E-state index contributed by atoms with van der Waals surface area (Å²) in [6.07, 6.45) is 10.7. The van der Waals surface area contributed by atoms with Crippen LogP contribution in [0.5, 0.6) is 5.75 Å². The molecule has 6 heteroatoms. The Morgan fingerprint density at radius 1 is 1.26 bits per heavy atom. The number of hydrogen-bond donors (Lipinski definition) is 1. The van der Waals surface area contributed by atoms with Crippen LogP contribution >= 0.6 is 0 Å². The summed E-state index contributed by atoms with van der Waals surface area (Å²) < 4.78 is 11.3. The fraction of sp³-hybridized carbons (Fsp3) is 0.714. The van der Waals surface area contributed by atoms with Gasteiger partial charge in [0.05, 0.1) is 12.8 Å². The third kappa shape index (κ3) is 4.47. The number of ether oxygens (including phenoxy) is 2. The van der Waals surface area contributed by atoms with Crippen molar-refractivity contribution in [2.75, 3.05) is 25.4 Å². The zero-order valence-electron chi connectivity index (χ0n) is 16.3. The first-order valence-electron chi connectivity index (χ1n) is 10.3. The number of pyridine rings is 1. The minimum atomic E-state index is -0.168. The molecule has 1 aromatic rings. The maximum atomic E-state index is 12.2. The van der Waals surface area contributed by atoms with Gasteiger partial charge in [0.15, 0.2) is 0 Å². The summed E-state index contributed by atoms with van der Waals surface area (Å²) in [5.74, 6) is 2.11. The highest BCUT2D eigenvalue weighted by atomic mass is 16.6. The molecule has 2 heterocycles. The number of carbonyl (C=O) groups excluding carboxylic acids is 1. The molecule has 27 heavy (non-hydrogen) atoms. The molecule has 1 aliphatic heterocycles. The predicted molar refractivity (Wildman–Crippen MR) is 103 cm³/mol. The summed E-state index contributed by atoms with van der Waals surface area (Å²) in [5.41, 5.74) is 5.88. The molecule has 3 aliphatic rings. The minimum absolute atomic E-state index is 0.102. The molecule has 1 aromatic heterocycles. The first-order valence-corrected chi connectivity index (χ1v) is 10.3. The van der Waals surface area contributed by atoms with Crippen LogP contribution in [0.15, 0.2) is 18.3 Å². The van der Waals surface area contributed by atoms with Crippen molar-refractivity contribution in [2.24, 2.45) is 11.3 Å². The predicted octanol–water partition coefficient (Wildman–Crippen LogP) is 4.00. The van der Waals surface area contributed by atoms with Crippen molar-refractivity contribution in [3.8, 4) is 5.75 Å². The van der Waals surface area contributed by atoms with Crippen molar-refractivity contribution in [2.45, 2.75) is 63.9 Å². The Labute approximate surface area is 161 Å². The maximum absolute atomic E-state index is 12.2. The lowest BCUT2D eigenvalue weighted by Crippen LogP contribution is -2.49. The van der Waals surface area contributed by atoms with Gasteiger partial charge in [-0.2, -0.15) is 0 Å². The number of likely N-dealkylation sites (tertiary alicyclic amines) is 1. The number of hydrogen-bond acceptors (Lipinski definition) is 5. The smallest absolute Gasteiger partial charge is 0.410 e. The van der Waals surface area contributed by atoms with Crippen molar-refractivity contribution in [1.29, 1.82) is 0 Å². The highest BCUT2D eigenvalue weighted by molar-refractivity contribution is 5.68. The van der Waals surface area contributed by atoms with Crippen molar-refractivity contribution >= 4 is 11.9 Å². The summed E-state index contributed by atoms with van der Waals surface area (Å²) in [6, 6.07) is 3.63. The second kappa shape index (κ2) is 7.21. The Kier molecular flexibility index (Phi) is 4.91. The zero-order chi connectivity index (χ0) is 18.9. The highest BCUT2D eigenvalue weighted by Crippen LogP contribution is 2.54. The minimum Gasteiger partial charge on any atom is -0.492 e. The molecule has 0 atom stereocenters. The fourth-order valence-electron chi connectivity index (χ4n) is 4.53. The van der Waals surface area contributed by atoms with Crippen LogP contribution in [-0.4, -0.2) is 41.3 Å². The van der Waals surface area contributed by atoms with Gasteiger partial charge < -0.3 is 20.1 Å². The first kappa shape index (κ1) is 18.4. The van der Waals surface area contributed by atoms with Crippen LogP contribution in [0.25, 0.3) is 0 Å². The van der Waals surface area contributed by atoms with E-state index in [9.17, 15) is 4.79 Å². The molecule has 2 aliphatic carbocycles. The number of nitrogen functional groups attached to an aromatic ring is 1. The monoisotopic (exact) mass is 373 g/mol. The van der Waals surface area contributed by atoms with Crippen molar-refractivity contribution < 1.29 is 14.3 Å². The molecule has 2 saturated carbocycles. The third-order valence-corrected chi connectivity index (χ3v) is 6.60. The number of nitrogens with two attached hydrogens (primary N) is 1. The van der Waals surface area contributed by atoms with Crippen molar-refractivity contribution in [3.63, 3.8) is 0 Å². The van der Waals surface area contributed by atoms with Gasteiger partial charge >= 0.3 is 6.09 Å². The molecular weight excluding hydrogens is 342 g/mol. The van der Waals surface area contributed by atoms with Crippen molar-refractivity contribution in [3.05, 3.63) is 18.3 Å². The van der Waals surface area contributed by atoms with E-state index in [1.165, 1.54) is 19.3 Å². The summed E-state index contributed by atoms with van der Waals surface area (Å²) in [5, 5.41) is 0. The van der Waals surface area contributed by atoms with E-state index in [0.29, 0.717) is 11.2 Å². The van der Waals surface area contributed by atoms with E-state index >= 15 is 0 Å². The molecule has 0 unspecified atom stereocenters. The third-order valence-electron chi connectivity index (χ3n) is 6.60. The van der Waals surface area contributed by atoms with Gasteiger partial charge in [-0.15, -0.1) is 0 Å². The molecule has 6 nitrogen and oxygen atoms in total. The lowest BCUT2D eigenvalue weighted by Gasteiger charge is -2.52. The van der Waals surface area contributed by atoms with Crippen LogP contribution in [0.3, 0.4) is 0 Å². The quantitative estimate of drug-likeness (QED) is 0.763. The van der Waals surface area contributed by atoms with E-state index in [4.69, 9.17) is 15.2 Å². The molecular formula is C21H31N3O3. The topological polar surface area (TPSA) is 77.7 Å². The average molecular weight is 373 g/mol. The molecule has 1 saturated heterocycles. The van der Waals surface area contributed by atoms with E-state index in [2.05, 4.69) is 4.98 Å². The van der Waals surface area contributed by atoms with Crippen molar-refractivity contribution in [1.82, 2.24) is 9.88 Å². The van der Waals surface area contributed by atoms with Gasteiger partial charge in [-0.25, -0.2) is 9.78 Å². The summed E-state index contributed by atoms with van der Waals surface area (Å²) >= 11 is 0. The SMILES string of the molecule is CC1(OC(=O)N2CCC3(CC2)CC(CCCOc2ccc(N)nc2)C3)CC1. The number of anilines is 1. The van der Waals surface area contributed by atoms with E-state index < -0.39 is 0 Å². The molecule has 148 valence electrons. The van der Waals surface area contributed by atoms with Gasteiger partial charge in [-0.05, 0) is 81.8 Å². The molecule has 2 N–H and O–H groups in total. The van der Waals surface area contributed by atoms with E-state index in [1.54, 1.807) is 12.3 Å². The van der Waals surface area contributed by atoms with Crippen LogP contribution in [0.4, 0.5) is 10.6 Å². The zero-order valence-corrected chi connectivity index (χ0v) is 16.3. The van der Waals surface area contributed by atoms with Gasteiger partial charge in [-0.1, -0.05) is 0 Å². The van der Waals surface area contributed by atoms with Gasteiger partial charge in [0.1, 0.15) is 17.2 Å². The lowest BCUT2D eigenvalue weighted by molar-refractivity contribution is -0.0231. The van der Waals surface area contributed by atoms with Crippen LogP contribution in [-0.2, 0) is 4.74 Å². The Morgan fingerprint density at radius 2 is 2.00 bits per heavy atom. The number of nitrogens with zero attached hydrogens (tertiary/aromatic N) is 2. The Bertz CT molecular complexity index is 656. The summed E-state index contributed by atoms with van der Waals surface area (Å²) in [6.45, 7) is 4.47. The normalized spacial score (nSPS) is 22.9. The van der Waals surface area contributed by atoms with Gasteiger partial charge in [0, 0.05) is 13.1 Å². The highest BCUT2D eigenvalue weighted by Gasteiger charge is 2.47. The number of carbonyl (C=O) groups is 1. The molecule has 1 amide bonds. The number of rotatable bonds is 6. The molecule has 1 spiro atoms. The maximum Gasteiger partial charge on any atom is 0.410 e. The van der Waals surface area contributed by atoms with Gasteiger partial charge in [-0.3, -0.25) is 0 Å². The number of piperidine rings is 1. The van der Waals surface area contributed by atoms with Crippen LogP contribution < -0.4 is 10.5 Å². The largest absolute Gasteiger partial charge is 0.492 e. The lowest BCUT2D eigenvalue weighted by atomic mass is 9.56. The summed E-state index contributed by atoms with van der Waals surface area (Å²) in [4.78, 5) is 18.2. The molecule has 0 aromatic carbocycles. The Hall–Kier alpha value is -1.98. The molecule has 3 fully saturated rings. The van der Waals surface area contributed by atoms with E-state index in [1.807, 2.05) is 17.9 Å². The summed E-state index contributed by atoms with van der Waals surface area (Å²) in [7, 11) is 0. The van der Waals surface area contributed by atoms with Crippen LogP contribution in [0, 0.1) is 11.3 Å². The van der Waals surface area contributed by atoms with E-state index in [-0.39, 0.29) is 11.7 Å². The standard InChI is InChI=1S/C21H31N3O3/c1-20(6-7-20)27-19(25)24-10-8-21(9-11-24)13-16(14-21)3-2-12-26-17-4-5-18(22)23-15-17/h4-5,15-16H,2-3,6-14H2,1H3,(H2,22,23). The fourth-order valence-corrected chi connectivity index (χ4v) is 4.53. The number of amides is 1. The second-order valence-corrected chi connectivity index (χ2v) is 8.99. The molecule has 0 bridgehead atoms. The Balaban J connectivity index is 1.11. The van der Waals surface area contributed by atoms with Gasteiger partial charge in [0.25, 0.3) is 0 Å². The number of aromatic nitrogens is 1. The second-order valence-electron chi connectivity index (χ2n) is 8.99. The average Bonchev–Trinajstić information content (AvgIpc) is 3.35. The van der Waals surface area contributed by atoms with Crippen LogP contribution in [0.2, 0.25) is 0 Å². The van der Waals surface area contributed by atoms with E-state index in [0.717, 1.165) is 63.5 Å². The van der Waals surface area contributed by atoms with Gasteiger partial charge in [0.2, 0.25) is 0 Å². The molecule has 0 radical (unpaired) electrons. The van der Waals surface area contributed by atoms with Crippen LogP contribution in [0.1, 0.15) is 58.3 Å².